The molecule has 1 aromatic heterocycles. The van der Waals surface area contributed by atoms with Crippen LogP contribution in [0.15, 0.2) is 29.2 Å². The lowest BCUT2D eigenvalue weighted by molar-refractivity contribution is 0.0962. The van der Waals surface area contributed by atoms with Gasteiger partial charge in [0, 0.05) is 42.7 Å². The van der Waals surface area contributed by atoms with Crippen LogP contribution >= 0.6 is 11.3 Å². The van der Waals surface area contributed by atoms with Gasteiger partial charge in [0.1, 0.15) is 5.00 Å². The molecule has 2 aromatic rings. The van der Waals surface area contributed by atoms with Crippen LogP contribution in [0.25, 0.3) is 0 Å². The second-order valence-corrected chi connectivity index (χ2v) is 14.7. The number of rotatable bonds is 9. The average molecular weight is 601 g/mol. The van der Waals surface area contributed by atoms with Gasteiger partial charge in [-0.2, -0.15) is 4.31 Å². The summed E-state index contributed by atoms with van der Waals surface area (Å²) in [5.41, 5.74) is 1.93. The molecule has 2 amide bonds. The Kier molecular flexibility index (Phi) is 9.84. The van der Waals surface area contributed by atoms with Crippen molar-refractivity contribution in [2.24, 2.45) is 0 Å². The lowest BCUT2D eigenvalue weighted by Crippen LogP contribution is -2.48. The Hall–Kier alpha value is -2.27. The van der Waals surface area contributed by atoms with Gasteiger partial charge in [0.25, 0.3) is 11.8 Å². The number of sulfonamides is 1. The van der Waals surface area contributed by atoms with Gasteiger partial charge in [0.05, 0.1) is 10.5 Å². The number of carbonyl (C=O) groups is 2. The molecular formula is C31H44N4O4S2. The van der Waals surface area contributed by atoms with Crippen LogP contribution in [0.3, 0.4) is 0 Å². The topological polar surface area (TPSA) is 98.8 Å². The van der Waals surface area contributed by atoms with Gasteiger partial charge in [-0.3, -0.25) is 14.5 Å². The molecule has 1 aliphatic heterocycles. The first-order chi connectivity index (χ1) is 19.8. The molecule has 3 aliphatic rings. The van der Waals surface area contributed by atoms with Crippen LogP contribution < -0.4 is 10.6 Å². The molecule has 2 saturated carbocycles. The van der Waals surface area contributed by atoms with E-state index in [-0.39, 0.29) is 28.8 Å². The van der Waals surface area contributed by atoms with Gasteiger partial charge < -0.3 is 10.6 Å². The minimum absolute atomic E-state index is 0.0565. The van der Waals surface area contributed by atoms with Gasteiger partial charge in [-0.05, 0) is 74.9 Å². The molecule has 41 heavy (non-hydrogen) atoms. The highest BCUT2D eigenvalue weighted by molar-refractivity contribution is 7.89. The molecule has 1 aromatic carbocycles. The van der Waals surface area contributed by atoms with Crippen molar-refractivity contribution in [2.45, 2.75) is 107 Å². The van der Waals surface area contributed by atoms with E-state index in [1.54, 1.807) is 31.3 Å². The van der Waals surface area contributed by atoms with E-state index in [2.05, 4.69) is 22.5 Å². The molecule has 0 bridgehead atoms. The lowest BCUT2D eigenvalue weighted by Gasteiger charge is -2.40. The number of anilines is 1. The average Bonchev–Trinajstić information content (AvgIpc) is 3.35. The van der Waals surface area contributed by atoms with Gasteiger partial charge in [0.15, 0.2) is 0 Å². The SMILES string of the molecule is CCCN1CCc2c(sc(NC(=O)c3ccc(S(=O)(=O)N(C4CCCCC4)C4CCCCC4)cc3)c2C(=O)NC)C1. The fourth-order valence-electron chi connectivity index (χ4n) is 6.85. The molecular weight excluding hydrogens is 556 g/mol. The Labute approximate surface area is 248 Å². The Morgan fingerprint density at radius 2 is 1.56 bits per heavy atom. The quantitative estimate of drug-likeness (QED) is 0.380. The summed E-state index contributed by atoms with van der Waals surface area (Å²) in [6.45, 7) is 4.83. The van der Waals surface area contributed by atoms with Gasteiger partial charge in [-0.25, -0.2) is 8.42 Å². The van der Waals surface area contributed by atoms with Gasteiger partial charge in [-0.1, -0.05) is 45.4 Å². The normalized spacial score (nSPS) is 19.2. The van der Waals surface area contributed by atoms with E-state index in [1.807, 2.05) is 4.31 Å². The molecule has 10 heteroatoms. The predicted molar refractivity (Wildman–Crippen MR) is 164 cm³/mol. The first-order valence-electron chi connectivity index (χ1n) is 15.4. The van der Waals surface area contributed by atoms with Crippen molar-refractivity contribution in [1.29, 1.82) is 0 Å². The van der Waals surface area contributed by atoms with E-state index in [9.17, 15) is 18.0 Å². The van der Waals surface area contributed by atoms with Crippen molar-refractivity contribution in [3.63, 3.8) is 0 Å². The third-order valence-corrected chi connectivity index (χ3v) is 12.1. The highest BCUT2D eigenvalue weighted by Crippen LogP contribution is 2.38. The monoisotopic (exact) mass is 600 g/mol. The molecule has 5 rings (SSSR count). The zero-order valence-electron chi connectivity index (χ0n) is 24.4. The zero-order chi connectivity index (χ0) is 29.0. The summed E-state index contributed by atoms with van der Waals surface area (Å²) in [7, 11) is -2.08. The number of fused-ring (bicyclic) bond motifs is 1. The minimum Gasteiger partial charge on any atom is -0.355 e. The van der Waals surface area contributed by atoms with Crippen LogP contribution in [-0.4, -0.2) is 61.7 Å². The number of nitrogens with one attached hydrogen (secondary N) is 2. The summed E-state index contributed by atoms with van der Waals surface area (Å²) in [5, 5.41) is 6.25. The van der Waals surface area contributed by atoms with Crippen molar-refractivity contribution >= 4 is 38.2 Å². The van der Waals surface area contributed by atoms with E-state index in [1.165, 1.54) is 24.2 Å². The molecule has 0 saturated heterocycles. The lowest BCUT2D eigenvalue weighted by atomic mass is 9.91. The highest BCUT2D eigenvalue weighted by Gasteiger charge is 2.38. The molecule has 2 heterocycles. The number of amides is 2. The zero-order valence-corrected chi connectivity index (χ0v) is 26.0. The van der Waals surface area contributed by atoms with E-state index in [0.717, 1.165) is 94.3 Å². The first-order valence-corrected chi connectivity index (χ1v) is 17.6. The summed E-state index contributed by atoms with van der Waals surface area (Å²) in [6.07, 6.45) is 12.2. The number of hydrogen-bond donors (Lipinski definition) is 2. The number of benzene rings is 1. The molecule has 8 nitrogen and oxygen atoms in total. The minimum atomic E-state index is -3.69. The molecule has 0 unspecified atom stereocenters. The molecule has 2 fully saturated rings. The van der Waals surface area contributed by atoms with Gasteiger partial charge in [0.2, 0.25) is 10.0 Å². The Morgan fingerprint density at radius 3 is 2.12 bits per heavy atom. The van der Waals surface area contributed by atoms with Crippen LogP contribution in [-0.2, 0) is 23.0 Å². The summed E-state index contributed by atoms with van der Waals surface area (Å²) >= 11 is 1.46. The second kappa shape index (κ2) is 13.4. The summed E-state index contributed by atoms with van der Waals surface area (Å²) in [4.78, 5) is 29.9. The van der Waals surface area contributed by atoms with Crippen molar-refractivity contribution in [1.82, 2.24) is 14.5 Å². The van der Waals surface area contributed by atoms with Crippen molar-refractivity contribution in [3.05, 3.63) is 45.8 Å². The standard InChI is InChI=1S/C31H44N4O4S2/c1-3-19-34-20-18-26-27(21-34)40-31(28(26)30(37)32-2)33-29(36)22-14-16-25(17-15-22)41(38,39)35(23-10-6-4-7-11-23)24-12-8-5-9-13-24/h14-17,23-24H,3-13,18-21H2,1-2H3,(H,32,37)(H,33,36). The largest absolute Gasteiger partial charge is 0.355 e. The first kappa shape index (κ1) is 30.2. The van der Waals surface area contributed by atoms with Crippen LogP contribution in [0.4, 0.5) is 5.00 Å². The molecule has 0 radical (unpaired) electrons. The Bertz CT molecular complexity index is 1310. The maximum absolute atomic E-state index is 14.0. The molecule has 2 N–H and O–H groups in total. The summed E-state index contributed by atoms with van der Waals surface area (Å²) in [6, 6.07) is 6.45. The third-order valence-electron chi connectivity index (χ3n) is 8.92. The van der Waals surface area contributed by atoms with Gasteiger partial charge >= 0.3 is 0 Å². The van der Waals surface area contributed by atoms with Crippen molar-refractivity contribution < 1.29 is 18.0 Å². The Balaban J connectivity index is 1.36. The second-order valence-electron chi connectivity index (χ2n) is 11.7. The van der Waals surface area contributed by atoms with E-state index < -0.39 is 10.0 Å². The van der Waals surface area contributed by atoms with E-state index >= 15 is 0 Å². The fraction of sp³-hybridized carbons (Fsp3) is 0.613. The number of nitrogens with zero attached hydrogens (tertiary/aromatic N) is 2. The smallest absolute Gasteiger partial charge is 0.256 e. The van der Waals surface area contributed by atoms with Crippen LogP contribution in [0.2, 0.25) is 0 Å². The van der Waals surface area contributed by atoms with Crippen LogP contribution in [0, 0.1) is 0 Å². The summed E-state index contributed by atoms with van der Waals surface area (Å²) in [5.74, 6) is -0.548. The predicted octanol–water partition coefficient (Wildman–Crippen LogP) is 5.78. The van der Waals surface area contributed by atoms with Crippen LogP contribution in [0.1, 0.15) is 109 Å². The van der Waals surface area contributed by atoms with Crippen molar-refractivity contribution in [3.8, 4) is 0 Å². The maximum atomic E-state index is 14.0. The summed E-state index contributed by atoms with van der Waals surface area (Å²) < 4.78 is 29.9. The fourth-order valence-corrected chi connectivity index (χ4v) is 10.1. The molecule has 2 aliphatic carbocycles. The molecule has 0 atom stereocenters. The number of carbonyl (C=O) groups excluding carboxylic acids is 2. The maximum Gasteiger partial charge on any atom is 0.256 e. The number of hydrogen-bond acceptors (Lipinski definition) is 6. The molecule has 224 valence electrons. The molecule has 0 spiro atoms. The van der Waals surface area contributed by atoms with Crippen LogP contribution in [0.5, 0.6) is 0 Å². The van der Waals surface area contributed by atoms with E-state index in [4.69, 9.17) is 0 Å². The van der Waals surface area contributed by atoms with Crippen molar-refractivity contribution in [2.75, 3.05) is 25.5 Å². The Morgan fingerprint density at radius 1 is 0.951 bits per heavy atom. The number of thiophene rings is 1. The van der Waals surface area contributed by atoms with Gasteiger partial charge in [-0.15, -0.1) is 11.3 Å². The van der Waals surface area contributed by atoms with E-state index in [0.29, 0.717) is 16.1 Å². The third kappa shape index (κ3) is 6.55. The highest BCUT2D eigenvalue weighted by atomic mass is 32.2.